The molecule has 120 valence electrons. The molecule has 2 aromatic carbocycles. The van der Waals surface area contributed by atoms with Gasteiger partial charge in [0.1, 0.15) is 5.82 Å². The van der Waals surface area contributed by atoms with Crippen molar-refractivity contribution in [1.29, 1.82) is 0 Å². The van der Waals surface area contributed by atoms with Crippen LogP contribution in [0.1, 0.15) is 29.5 Å². The molecule has 4 heteroatoms. The lowest BCUT2D eigenvalue weighted by Gasteiger charge is -2.56. The molecule has 2 aliphatic carbocycles. The molecule has 2 aliphatic rings. The molecule has 4 atom stereocenters. The summed E-state index contributed by atoms with van der Waals surface area (Å²) in [6.07, 6.45) is 2.71. The first-order valence-electron chi connectivity index (χ1n) is 8.05. The zero-order chi connectivity index (χ0) is 16.2. The second kappa shape index (κ2) is 5.25. The quantitative estimate of drug-likeness (QED) is 0.917. The Hall–Kier alpha value is -1.52. The standard InChI is InChI=1S/C19H20FNOS/c1-12-2-8-16-13(10-12)3-9-17-18(21)11-19(16,17)23(22)15-6-4-14(20)5-7-15/h2,4-8,10,17-18H,3,9,11,21H2,1H3. The summed E-state index contributed by atoms with van der Waals surface area (Å²) in [4.78, 5) is 0.691. The molecule has 2 aromatic rings. The van der Waals surface area contributed by atoms with E-state index in [4.69, 9.17) is 5.73 Å². The molecule has 0 aromatic heterocycles. The van der Waals surface area contributed by atoms with E-state index in [1.807, 2.05) is 0 Å². The Kier molecular flexibility index (Phi) is 3.43. The average Bonchev–Trinajstić information content (AvgIpc) is 2.53. The van der Waals surface area contributed by atoms with Crippen molar-refractivity contribution in [3.8, 4) is 0 Å². The topological polar surface area (TPSA) is 43.1 Å². The van der Waals surface area contributed by atoms with E-state index in [1.54, 1.807) is 12.1 Å². The number of hydrogen-bond acceptors (Lipinski definition) is 2. The first-order chi connectivity index (χ1) is 11.0. The fraction of sp³-hybridized carbons (Fsp3) is 0.368. The zero-order valence-electron chi connectivity index (χ0n) is 13.1. The van der Waals surface area contributed by atoms with Crippen LogP contribution in [0.2, 0.25) is 0 Å². The van der Waals surface area contributed by atoms with E-state index in [-0.39, 0.29) is 17.8 Å². The van der Waals surface area contributed by atoms with Crippen molar-refractivity contribution in [2.75, 3.05) is 0 Å². The maximum absolute atomic E-state index is 13.4. The van der Waals surface area contributed by atoms with Gasteiger partial charge in [-0.25, -0.2) is 4.39 Å². The fourth-order valence-corrected chi connectivity index (χ4v) is 6.43. The molecule has 23 heavy (non-hydrogen) atoms. The van der Waals surface area contributed by atoms with E-state index in [1.165, 1.54) is 28.8 Å². The Morgan fingerprint density at radius 3 is 2.65 bits per heavy atom. The van der Waals surface area contributed by atoms with Crippen LogP contribution in [-0.4, -0.2) is 10.3 Å². The van der Waals surface area contributed by atoms with Gasteiger partial charge < -0.3 is 5.73 Å². The lowest BCUT2D eigenvalue weighted by atomic mass is 9.59. The Bertz CT molecular complexity index is 788. The van der Waals surface area contributed by atoms with E-state index in [2.05, 4.69) is 25.1 Å². The summed E-state index contributed by atoms with van der Waals surface area (Å²) in [5.74, 6) is -0.0617. The molecule has 0 amide bonds. The summed E-state index contributed by atoms with van der Waals surface area (Å²) in [7, 11) is -1.22. The summed E-state index contributed by atoms with van der Waals surface area (Å²) in [5, 5.41) is 0. The van der Waals surface area contributed by atoms with Gasteiger partial charge in [0.25, 0.3) is 0 Å². The Balaban J connectivity index is 1.84. The number of halogens is 1. The first kappa shape index (κ1) is 15.0. The lowest BCUT2D eigenvalue weighted by Crippen LogP contribution is -2.62. The van der Waals surface area contributed by atoms with Crippen LogP contribution in [0.25, 0.3) is 0 Å². The van der Waals surface area contributed by atoms with Crippen LogP contribution < -0.4 is 5.73 Å². The monoisotopic (exact) mass is 329 g/mol. The maximum Gasteiger partial charge on any atom is 0.123 e. The van der Waals surface area contributed by atoms with Crippen molar-refractivity contribution in [2.45, 2.75) is 41.9 Å². The van der Waals surface area contributed by atoms with Crippen LogP contribution in [0.15, 0.2) is 47.4 Å². The van der Waals surface area contributed by atoms with Gasteiger partial charge in [-0.1, -0.05) is 23.8 Å². The number of nitrogens with two attached hydrogens (primary N) is 1. The van der Waals surface area contributed by atoms with Crippen molar-refractivity contribution < 1.29 is 8.60 Å². The predicted molar refractivity (Wildman–Crippen MR) is 90.1 cm³/mol. The van der Waals surface area contributed by atoms with Crippen molar-refractivity contribution in [3.63, 3.8) is 0 Å². The number of rotatable bonds is 2. The van der Waals surface area contributed by atoms with Gasteiger partial charge in [-0.15, -0.1) is 0 Å². The fourth-order valence-electron chi connectivity index (χ4n) is 4.32. The van der Waals surface area contributed by atoms with Crippen LogP contribution in [0.4, 0.5) is 4.39 Å². The number of benzene rings is 2. The van der Waals surface area contributed by atoms with Gasteiger partial charge in [0, 0.05) is 10.9 Å². The van der Waals surface area contributed by atoms with E-state index < -0.39 is 15.5 Å². The molecule has 2 N–H and O–H groups in total. The maximum atomic E-state index is 13.4. The van der Waals surface area contributed by atoms with Gasteiger partial charge in [0.15, 0.2) is 0 Å². The number of hydrogen-bond donors (Lipinski definition) is 1. The van der Waals surface area contributed by atoms with Crippen LogP contribution >= 0.6 is 0 Å². The predicted octanol–water partition coefficient (Wildman–Crippen LogP) is 3.43. The normalized spacial score (nSPS) is 30.0. The molecule has 0 radical (unpaired) electrons. The van der Waals surface area contributed by atoms with Gasteiger partial charge in [0.05, 0.1) is 15.5 Å². The third kappa shape index (κ3) is 2.12. The van der Waals surface area contributed by atoms with E-state index in [0.717, 1.165) is 19.3 Å². The third-order valence-electron chi connectivity index (χ3n) is 5.45. The average molecular weight is 329 g/mol. The molecule has 2 nitrogen and oxygen atoms in total. The van der Waals surface area contributed by atoms with Gasteiger partial charge in [-0.2, -0.15) is 0 Å². The molecular weight excluding hydrogens is 309 g/mol. The van der Waals surface area contributed by atoms with Crippen molar-refractivity contribution in [1.82, 2.24) is 0 Å². The Labute approximate surface area is 138 Å². The van der Waals surface area contributed by atoms with Gasteiger partial charge in [0.2, 0.25) is 0 Å². The molecule has 1 saturated carbocycles. The minimum atomic E-state index is -1.22. The number of aryl methyl sites for hydroxylation is 2. The van der Waals surface area contributed by atoms with Gasteiger partial charge in [-0.05, 0) is 67.5 Å². The highest BCUT2D eigenvalue weighted by Crippen LogP contribution is 2.57. The van der Waals surface area contributed by atoms with Crippen LogP contribution in [0.5, 0.6) is 0 Å². The van der Waals surface area contributed by atoms with Crippen molar-refractivity contribution >= 4 is 10.8 Å². The summed E-state index contributed by atoms with van der Waals surface area (Å²) in [6, 6.07) is 12.6. The van der Waals surface area contributed by atoms with Crippen LogP contribution in [-0.2, 0) is 22.0 Å². The molecule has 0 heterocycles. The summed E-state index contributed by atoms with van der Waals surface area (Å²) in [6.45, 7) is 2.09. The second-order valence-electron chi connectivity index (χ2n) is 6.79. The first-order valence-corrected chi connectivity index (χ1v) is 9.20. The molecular formula is C19H20FNOS. The summed E-state index contributed by atoms with van der Waals surface area (Å²) in [5.41, 5.74) is 9.96. The van der Waals surface area contributed by atoms with E-state index >= 15 is 0 Å². The van der Waals surface area contributed by atoms with Crippen molar-refractivity contribution in [3.05, 3.63) is 65.0 Å². The molecule has 0 aliphatic heterocycles. The van der Waals surface area contributed by atoms with Crippen LogP contribution in [0.3, 0.4) is 0 Å². The molecule has 4 rings (SSSR count). The SMILES string of the molecule is Cc1ccc2c(c1)CCC1C(N)CC21S(=O)c1ccc(F)cc1. The summed E-state index contributed by atoms with van der Waals surface area (Å²) >= 11 is 0. The smallest absolute Gasteiger partial charge is 0.123 e. The summed E-state index contributed by atoms with van der Waals surface area (Å²) < 4.78 is 26.2. The minimum absolute atomic E-state index is 0.105. The largest absolute Gasteiger partial charge is 0.327 e. The van der Waals surface area contributed by atoms with Crippen molar-refractivity contribution in [2.24, 2.45) is 11.7 Å². The van der Waals surface area contributed by atoms with Crippen LogP contribution in [0, 0.1) is 18.7 Å². The molecule has 0 saturated heterocycles. The molecule has 4 unspecified atom stereocenters. The highest BCUT2D eigenvalue weighted by molar-refractivity contribution is 7.86. The Morgan fingerprint density at radius 1 is 1.22 bits per heavy atom. The zero-order valence-corrected chi connectivity index (χ0v) is 13.9. The van der Waals surface area contributed by atoms with Gasteiger partial charge >= 0.3 is 0 Å². The second-order valence-corrected chi connectivity index (χ2v) is 8.52. The third-order valence-corrected chi connectivity index (χ3v) is 7.51. The minimum Gasteiger partial charge on any atom is -0.327 e. The lowest BCUT2D eigenvalue weighted by molar-refractivity contribution is 0.142. The van der Waals surface area contributed by atoms with E-state index in [9.17, 15) is 8.60 Å². The van der Waals surface area contributed by atoms with Gasteiger partial charge in [-0.3, -0.25) is 4.21 Å². The highest BCUT2D eigenvalue weighted by Gasteiger charge is 2.59. The molecule has 0 bridgehead atoms. The highest BCUT2D eigenvalue weighted by atomic mass is 32.2. The molecule has 1 fully saturated rings. The number of fused-ring (bicyclic) bond motifs is 3. The van der Waals surface area contributed by atoms with E-state index in [0.29, 0.717) is 4.90 Å². The Morgan fingerprint density at radius 2 is 1.96 bits per heavy atom. The molecule has 0 spiro atoms.